The minimum atomic E-state index is -3.70. The van der Waals surface area contributed by atoms with Crippen molar-refractivity contribution in [2.45, 2.75) is 52.1 Å². The lowest BCUT2D eigenvalue weighted by molar-refractivity contribution is -0.143. The van der Waals surface area contributed by atoms with Gasteiger partial charge in [-0.3, -0.25) is 4.79 Å². The molecule has 0 amide bonds. The Hall–Kier alpha value is -0.660. The normalized spacial score (nSPS) is 26.0. The Balaban J connectivity index is 3.00. The highest BCUT2D eigenvalue weighted by molar-refractivity contribution is 7.86. The molecule has 7 heteroatoms. The fourth-order valence-corrected chi connectivity index (χ4v) is 4.02. The van der Waals surface area contributed by atoms with Crippen LogP contribution in [0.3, 0.4) is 0 Å². The highest BCUT2D eigenvalue weighted by Crippen LogP contribution is 2.29. The number of carboxylic acids is 1. The fourth-order valence-electron chi connectivity index (χ4n) is 2.32. The molecule has 2 atom stereocenters. The van der Waals surface area contributed by atoms with Gasteiger partial charge in [-0.25, -0.2) is 0 Å². The van der Waals surface area contributed by atoms with Crippen LogP contribution in [0.2, 0.25) is 0 Å². The lowest BCUT2D eigenvalue weighted by Gasteiger charge is -2.38. The van der Waals surface area contributed by atoms with E-state index in [4.69, 9.17) is 0 Å². The molecule has 0 spiro atoms. The zero-order valence-corrected chi connectivity index (χ0v) is 12.9. The minimum absolute atomic E-state index is 0.191. The molecule has 0 aromatic rings. The molecule has 112 valence electrons. The van der Waals surface area contributed by atoms with Gasteiger partial charge < -0.3 is 5.11 Å². The topological polar surface area (TPSA) is 77.9 Å². The molecule has 1 heterocycles. The maximum Gasteiger partial charge on any atom is 0.322 e. The molecule has 1 saturated heterocycles. The van der Waals surface area contributed by atoms with Crippen molar-refractivity contribution in [2.24, 2.45) is 5.92 Å². The van der Waals surface area contributed by atoms with E-state index in [-0.39, 0.29) is 18.5 Å². The van der Waals surface area contributed by atoms with Crippen LogP contribution in [0.25, 0.3) is 0 Å². The minimum Gasteiger partial charge on any atom is -0.480 e. The zero-order chi connectivity index (χ0) is 14.8. The highest BCUT2D eigenvalue weighted by Gasteiger charge is 2.41. The number of rotatable bonds is 5. The lowest BCUT2D eigenvalue weighted by Crippen LogP contribution is -2.55. The molecule has 19 heavy (non-hydrogen) atoms. The summed E-state index contributed by atoms with van der Waals surface area (Å²) in [5.41, 5.74) is 0. The summed E-state index contributed by atoms with van der Waals surface area (Å²) in [5, 5.41) is 9.28. The number of carbonyl (C=O) groups is 1. The number of nitrogens with zero attached hydrogens (tertiary/aromatic N) is 2. The van der Waals surface area contributed by atoms with Crippen LogP contribution < -0.4 is 0 Å². The van der Waals surface area contributed by atoms with Crippen molar-refractivity contribution < 1.29 is 18.3 Å². The van der Waals surface area contributed by atoms with Crippen LogP contribution >= 0.6 is 0 Å². The van der Waals surface area contributed by atoms with Crippen LogP contribution in [0, 0.1) is 5.92 Å². The van der Waals surface area contributed by atoms with Crippen molar-refractivity contribution in [3.63, 3.8) is 0 Å². The van der Waals surface area contributed by atoms with Gasteiger partial charge in [-0.1, -0.05) is 13.3 Å². The summed E-state index contributed by atoms with van der Waals surface area (Å²) in [6, 6.07) is -1.13. The summed E-state index contributed by atoms with van der Waals surface area (Å²) >= 11 is 0. The average Bonchev–Trinajstić information content (AvgIpc) is 2.36. The summed E-state index contributed by atoms with van der Waals surface area (Å²) in [6.45, 7) is 5.83. The van der Waals surface area contributed by atoms with Crippen LogP contribution in [0.5, 0.6) is 0 Å². The van der Waals surface area contributed by atoms with Crippen LogP contribution in [0.15, 0.2) is 0 Å². The van der Waals surface area contributed by atoms with E-state index in [0.29, 0.717) is 6.42 Å². The molecule has 0 aromatic heterocycles. The van der Waals surface area contributed by atoms with E-state index < -0.39 is 22.2 Å². The molecular formula is C12H24N2O4S. The van der Waals surface area contributed by atoms with Crippen LogP contribution in [-0.2, 0) is 15.0 Å². The van der Waals surface area contributed by atoms with Crippen LogP contribution in [0.4, 0.5) is 0 Å². The van der Waals surface area contributed by atoms with Crippen molar-refractivity contribution in [1.29, 1.82) is 0 Å². The average molecular weight is 292 g/mol. The molecule has 0 aliphatic carbocycles. The van der Waals surface area contributed by atoms with E-state index in [2.05, 4.69) is 0 Å². The summed E-state index contributed by atoms with van der Waals surface area (Å²) in [5.74, 6) is -0.768. The van der Waals surface area contributed by atoms with Gasteiger partial charge in [0.25, 0.3) is 10.2 Å². The Bertz CT molecular complexity index is 421. The van der Waals surface area contributed by atoms with E-state index >= 15 is 0 Å². The molecule has 0 bridgehead atoms. The maximum absolute atomic E-state index is 12.4. The van der Waals surface area contributed by atoms with Gasteiger partial charge >= 0.3 is 5.97 Å². The standard InChI is InChI=1S/C12H24N2O4S/c1-5-10-6-7-14(11(8-10)12(15)16)19(17,18)13(4)9(2)3/h9-11H,5-8H2,1-4H3,(H,15,16). The van der Waals surface area contributed by atoms with Crippen LogP contribution in [0.1, 0.15) is 40.0 Å². The van der Waals surface area contributed by atoms with E-state index in [0.717, 1.165) is 17.1 Å². The molecular weight excluding hydrogens is 268 g/mol. The van der Waals surface area contributed by atoms with Crippen molar-refractivity contribution >= 4 is 16.2 Å². The Kier molecular flexibility index (Phi) is 5.34. The van der Waals surface area contributed by atoms with Gasteiger partial charge in [0, 0.05) is 19.6 Å². The third kappa shape index (κ3) is 3.46. The van der Waals surface area contributed by atoms with Gasteiger partial charge in [0.1, 0.15) is 6.04 Å². The molecule has 0 saturated carbocycles. The van der Waals surface area contributed by atoms with Gasteiger partial charge in [0.2, 0.25) is 0 Å². The SMILES string of the molecule is CCC1CCN(S(=O)(=O)N(C)C(C)C)C(C(=O)O)C1. The summed E-state index contributed by atoms with van der Waals surface area (Å²) in [7, 11) is -2.21. The molecule has 1 rings (SSSR count). The second-order valence-electron chi connectivity index (χ2n) is 5.38. The molecule has 1 fully saturated rings. The number of aliphatic carboxylic acids is 1. The Labute approximate surface area is 115 Å². The van der Waals surface area contributed by atoms with E-state index in [1.54, 1.807) is 13.8 Å². The second kappa shape index (κ2) is 6.19. The Morgan fingerprint density at radius 2 is 2.05 bits per heavy atom. The fraction of sp³-hybridized carbons (Fsp3) is 0.917. The van der Waals surface area contributed by atoms with Gasteiger partial charge in [-0.2, -0.15) is 17.0 Å². The van der Waals surface area contributed by atoms with E-state index in [1.165, 1.54) is 11.4 Å². The molecule has 0 radical (unpaired) electrons. The first-order chi connectivity index (χ1) is 8.71. The number of carboxylic acid groups (broad SMARTS) is 1. The van der Waals surface area contributed by atoms with Crippen molar-refractivity contribution in [2.75, 3.05) is 13.6 Å². The van der Waals surface area contributed by atoms with Gasteiger partial charge in [0.15, 0.2) is 0 Å². The number of hydrogen-bond acceptors (Lipinski definition) is 3. The predicted molar refractivity (Wildman–Crippen MR) is 73.0 cm³/mol. The first-order valence-corrected chi connectivity index (χ1v) is 8.09. The smallest absolute Gasteiger partial charge is 0.322 e. The largest absolute Gasteiger partial charge is 0.480 e. The zero-order valence-electron chi connectivity index (χ0n) is 12.0. The van der Waals surface area contributed by atoms with Crippen molar-refractivity contribution in [3.8, 4) is 0 Å². The third-order valence-corrected chi connectivity index (χ3v) is 6.09. The van der Waals surface area contributed by atoms with E-state index in [1.807, 2.05) is 6.92 Å². The van der Waals surface area contributed by atoms with Gasteiger partial charge in [0.05, 0.1) is 0 Å². The van der Waals surface area contributed by atoms with Crippen molar-refractivity contribution in [1.82, 2.24) is 8.61 Å². The molecule has 6 nitrogen and oxygen atoms in total. The Morgan fingerprint density at radius 1 is 1.47 bits per heavy atom. The summed E-state index contributed by atoms with van der Waals surface area (Å²) < 4.78 is 27.2. The molecule has 0 aromatic carbocycles. The highest BCUT2D eigenvalue weighted by atomic mass is 32.2. The number of hydrogen-bond donors (Lipinski definition) is 1. The lowest BCUT2D eigenvalue weighted by atomic mass is 9.90. The quantitative estimate of drug-likeness (QED) is 0.824. The first-order valence-electron chi connectivity index (χ1n) is 6.69. The van der Waals surface area contributed by atoms with E-state index in [9.17, 15) is 18.3 Å². The predicted octanol–water partition coefficient (Wildman–Crippen LogP) is 1.15. The first kappa shape index (κ1) is 16.4. The monoisotopic (exact) mass is 292 g/mol. The summed E-state index contributed by atoms with van der Waals surface area (Å²) in [4.78, 5) is 11.3. The van der Waals surface area contributed by atoms with Crippen LogP contribution in [-0.4, -0.2) is 53.8 Å². The van der Waals surface area contributed by atoms with Gasteiger partial charge in [-0.15, -0.1) is 0 Å². The Morgan fingerprint density at radius 3 is 2.47 bits per heavy atom. The third-order valence-electron chi connectivity index (χ3n) is 3.91. The molecule has 1 aliphatic rings. The molecule has 2 unspecified atom stereocenters. The maximum atomic E-state index is 12.4. The summed E-state index contributed by atoms with van der Waals surface area (Å²) in [6.07, 6.45) is 2.01. The van der Waals surface area contributed by atoms with Crippen molar-refractivity contribution in [3.05, 3.63) is 0 Å². The molecule has 1 aliphatic heterocycles. The molecule has 1 N–H and O–H groups in total. The second-order valence-corrected chi connectivity index (χ2v) is 7.32. The van der Waals surface area contributed by atoms with Gasteiger partial charge in [-0.05, 0) is 32.6 Å². The number of piperidine rings is 1.